The van der Waals surface area contributed by atoms with Gasteiger partial charge in [-0.25, -0.2) is 9.97 Å². The van der Waals surface area contributed by atoms with E-state index in [-0.39, 0.29) is 0 Å². The van der Waals surface area contributed by atoms with Crippen molar-refractivity contribution in [2.75, 3.05) is 32.0 Å². The summed E-state index contributed by atoms with van der Waals surface area (Å²) in [4.78, 5) is 11.5. The predicted octanol–water partition coefficient (Wildman–Crippen LogP) is 2.14. The van der Waals surface area contributed by atoms with E-state index >= 15 is 0 Å². The summed E-state index contributed by atoms with van der Waals surface area (Å²) in [5, 5.41) is 14.3. The van der Waals surface area contributed by atoms with Gasteiger partial charge in [0.05, 0.1) is 11.3 Å². The molecule has 2 N–H and O–H groups in total. The highest BCUT2D eigenvalue weighted by molar-refractivity contribution is 5.52. The van der Waals surface area contributed by atoms with Crippen LogP contribution in [0.5, 0.6) is 5.75 Å². The maximum absolute atomic E-state index is 10.9. The molecule has 26 heavy (non-hydrogen) atoms. The molecule has 2 aliphatic rings. The molecule has 0 amide bonds. The van der Waals surface area contributed by atoms with Crippen molar-refractivity contribution in [2.24, 2.45) is 0 Å². The van der Waals surface area contributed by atoms with Gasteiger partial charge in [-0.2, -0.15) is 0 Å². The van der Waals surface area contributed by atoms with Crippen LogP contribution in [0.1, 0.15) is 35.5 Å². The summed E-state index contributed by atoms with van der Waals surface area (Å²) in [5.74, 6) is 2.44. The number of nitrogens with zero attached hydrogens (tertiary/aromatic N) is 3. The fraction of sp³-hybridized carbons (Fsp3) is 0.500. The molecule has 3 heterocycles. The molecule has 1 aromatic heterocycles. The summed E-state index contributed by atoms with van der Waals surface area (Å²) in [6.45, 7) is 4.68. The number of rotatable bonds is 3. The largest absolute Gasteiger partial charge is 0.487 e. The summed E-state index contributed by atoms with van der Waals surface area (Å²) in [5.41, 5.74) is 2.44. The molecule has 138 valence electrons. The maximum atomic E-state index is 10.9. The Morgan fingerprint density at radius 1 is 1.23 bits per heavy atom. The number of likely N-dealkylation sites (tertiary alicyclic amines) is 1. The number of hydrogen-bond acceptors (Lipinski definition) is 6. The van der Waals surface area contributed by atoms with Crippen molar-refractivity contribution < 1.29 is 9.84 Å². The number of benzene rings is 1. The summed E-state index contributed by atoms with van der Waals surface area (Å²) in [6, 6.07) is 8.09. The first-order valence-electron chi connectivity index (χ1n) is 9.24. The van der Waals surface area contributed by atoms with E-state index in [4.69, 9.17) is 4.74 Å². The first-order chi connectivity index (χ1) is 12.5. The van der Waals surface area contributed by atoms with Crippen LogP contribution >= 0.6 is 0 Å². The van der Waals surface area contributed by atoms with E-state index in [0.717, 1.165) is 66.6 Å². The Morgan fingerprint density at radius 2 is 2.00 bits per heavy atom. The fourth-order valence-corrected chi connectivity index (χ4v) is 3.69. The highest BCUT2D eigenvalue weighted by atomic mass is 16.5. The normalized spacial score (nSPS) is 19.0. The molecule has 6 heteroatoms. The van der Waals surface area contributed by atoms with Crippen LogP contribution in [0.3, 0.4) is 0 Å². The van der Waals surface area contributed by atoms with Gasteiger partial charge in [0, 0.05) is 31.6 Å². The lowest BCUT2D eigenvalue weighted by molar-refractivity contribution is -0.00410. The van der Waals surface area contributed by atoms with Crippen molar-refractivity contribution in [1.82, 2.24) is 14.9 Å². The minimum absolute atomic E-state index is 0.444. The molecule has 0 atom stereocenters. The number of aliphatic hydroxyl groups is 1. The third-order valence-corrected chi connectivity index (χ3v) is 5.41. The molecule has 1 aromatic carbocycles. The van der Waals surface area contributed by atoms with Crippen molar-refractivity contribution in [2.45, 2.75) is 38.4 Å². The first kappa shape index (κ1) is 17.2. The van der Waals surface area contributed by atoms with Crippen LogP contribution in [0.25, 0.3) is 0 Å². The van der Waals surface area contributed by atoms with Gasteiger partial charge in [-0.15, -0.1) is 0 Å². The number of piperidine rings is 1. The molecule has 2 aliphatic heterocycles. The van der Waals surface area contributed by atoms with Crippen LogP contribution in [0.2, 0.25) is 0 Å². The smallest absolute Gasteiger partial charge is 0.133 e. The van der Waals surface area contributed by atoms with Gasteiger partial charge in [-0.05, 0) is 38.4 Å². The lowest BCUT2D eigenvalue weighted by atomic mass is 9.91. The quantitative estimate of drug-likeness (QED) is 0.880. The number of hydrogen-bond donors (Lipinski definition) is 2. The van der Waals surface area contributed by atoms with Gasteiger partial charge < -0.3 is 20.1 Å². The van der Waals surface area contributed by atoms with Crippen LogP contribution < -0.4 is 10.1 Å². The molecule has 1 fully saturated rings. The van der Waals surface area contributed by atoms with Gasteiger partial charge in [0.25, 0.3) is 0 Å². The fourth-order valence-electron chi connectivity index (χ4n) is 3.69. The lowest BCUT2D eigenvalue weighted by Gasteiger charge is -2.36. The highest BCUT2D eigenvalue weighted by Gasteiger charge is 2.31. The molecule has 4 rings (SSSR count). The standard InChI is InChI=1S/C20H26N4O2/c1-14-22-17-12-26-18-6-4-3-5-15(18)11-16(17)19(23-14)21-13-20(25)7-9-24(2)10-8-20/h3-6,25H,7-13H2,1-2H3,(H,21,22,23). The molecule has 6 nitrogen and oxygen atoms in total. The molecular formula is C20H26N4O2. The monoisotopic (exact) mass is 354 g/mol. The maximum Gasteiger partial charge on any atom is 0.133 e. The summed E-state index contributed by atoms with van der Waals surface area (Å²) in [7, 11) is 2.10. The second kappa shape index (κ2) is 6.85. The zero-order chi connectivity index (χ0) is 18.1. The minimum Gasteiger partial charge on any atom is -0.487 e. The van der Waals surface area contributed by atoms with Gasteiger partial charge in [0.15, 0.2) is 0 Å². The first-order valence-corrected chi connectivity index (χ1v) is 9.24. The number of aryl methyl sites for hydroxylation is 1. The Hall–Kier alpha value is -2.18. The molecule has 0 saturated carbocycles. The Labute approximate surface area is 154 Å². The molecule has 0 spiro atoms. The van der Waals surface area contributed by atoms with Gasteiger partial charge in [0.2, 0.25) is 0 Å². The van der Waals surface area contributed by atoms with Gasteiger partial charge in [-0.3, -0.25) is 0 Å². The van der Waals surface area contributed by atoms with Crippen LogP contribution in [0, 0.1) is 6.92 Å². The summed E-state index contributed by atoms with van der Waals surface area (Å²) in [6.07, 6.45) is 2.28. The number of fused-ring (bicyclic) bond motifs is 2. The van der Waals surface area contributed by atoms with Crippen molar-refractivity contribution in [3.63, 3.8) is 0 Å². The Balaban J connectivity index is 1.59. The Kier molecular flexibility index (Phi) is 4.54. The third-order valence-electron chi connectivity index (χ3n) is 5.41. The average Bonchev–Trinajstić information content (AvgIpc) is 2.82. The topological polar surface area (TPSA) is 70.5 Å². The zero-order valence-electron chi connectivity index (χ0n) is 15.5. The third kappa shape index (κ3) is 3.52. The SMILES string of the molecule is Cc1nc2c(c(NCC3(O)CCN(C)CC3)n1)Cc1ccccc1OC2. The number of para-hydroxylation sites is 1. The van der Waals surface area contributed by atoms with E-state index in [1.807, 2.05) is 25.1 Å². The molecule has 0 aliphatic carbocycles. The number of anilines is 1. The molecule has 0 radical (unpaired) electrons. The van der Waals surface area contributed by atoms with Crippen LogP contribution in [0.4, 0.5) is 5.82 Å². The van der Waals surface area contributed by atoms with Crippen LogP contribution in [-0.2, 0) is 13.0 Å². The van der Waals surface area contributed by atoms with Crippen molar-refractivity contribution >= 4 is 5.82 Å². The second-order valence-corrected chi connectivity index (χ2v) is 7.50. The van der Waals surface area contributed by atoms with Crippen LogP contribution in [-0.4, -0.2) is 52.3 Å². The molecule has 1 saturated heterocycles. The van der Waals surface area contributed by atoms with Gasteiger partial charge >= 0.3 is 0 Å². The minimum atomic E-state index is -0.683. The lowest BCUT2D eigenvalue weighted by Crippen LogP contribution is -2.47. The van der Waals surface area contributed by atoms with Gasteiger partial charge in [-0.1, -0.05) is 18.2 Å². The van der Waals surface area contributed by atoms with Gasteiger partial charge in [0.1, 0.15) is 24.0 Å². The van der Waals surface area contributed by atoms with E-state index in [0.29, 0.717) is 13.2 Å². The van der Waals surface area contributed by atoms with E-state index in [2.05, 4.69) is 33.3 Å². The van der Waals surface area contributed by atoms with Crippen molar-refractivity contribution in [3.8, 4) is 5.75 Å². The highest BCUT2D eigenvalue weighted by Crippen LogP contribution is 2.31. The summed E-state index contributed by atoms with van der Waals surface area (Å²) >= 11 is 0. The van der Waals surface area contributed by atoms with E-state index < -0.39 is 5.60 Å². The number of ether oxygens (including phenoxy) is 1. The van der Waals surface area contributed by atoms with E-state index in [1.54, 1.807) is 0 Å². The molecular weight excluding hydrogens is 328 g/mol. The zero-order valence-corrected chi connectivity index (χ0v) is 15.5. The molecule has 0 unspecified atom stereocenters. The number of aromatic nitrogens is 2. The van der Waals surface area contributed by atoms with Crippen LogP contribution in [0.15, 0.2) is 24.3 Å². The number of nitrogens with one attached hydrogen (secondary N) is 1. The molecule has 0 bridgehead atoms. The molecule has 2 aromatic rings. The van der Waals surface area contributed by atoms with Crippen molar-refractivity contribution in [1.29, 1.82) is 0 Å². The van der Waals surface area contributed by atoms with Crippen molar-refractivity contribution in [3.05, 3.63) is 46.9 Å². The Morgan fingerprint density at radius 3 is 2.81 bits per heavy atom. The summed E-state index contributed by atoms with van der Waals surface area (Å²) < 4.78 is 5.94. The van der Waals surface area contributed by atoms with E-state index in [1.165, 1.54) is 0 Å². The van der Waals surface area contributed by atoms with E-state index in [9.17, 15) is 5.11 Å². The predicted molar refractivity (Wildman–Crippen MR) is 101 cm³/mol. The second-order valence-electron chi connectivity index (χ2n) is 7.50. The average molecular weight is 354 g/mol. The Bertz CT molecular complexity index is 800.